The van der Waals surface area contributed by atoms with Crippen LogP contribution in [0.1, 0.15) is 17.4 Å². The van der Waals surface area contributed by atoms with Gasteiger partial charge in [0.25, 0.3) is 5.91 Å². The first-order chi connectivity index (χ1) is 12.3. The Morgan fingerprint density at radius 3 is 2.58 bits per heavy atom. The molecule has 7 nitrogen and oxygen atoms in total. The topological polar surface area (TPSA) is 74.7 Å². The molecule has 1 aliphatic rings. The number of amides is 3. The Morgan fingerprint density at radius 1 is 1.19 bits per heavy atom. The summed E-state index contributed by atoms with van der Waals surface area (Å²) < 4.78 is 15.2. The molecule has 1 aromatic carbocycles. The smallest absolute Gasteiger partial charge is 0.270 e. The van der Waals surface area contributed by atoms with Gasteiger partial charge in [-0.05, 0) is 24.3 Å². The monoisotopic (exact) mass is 360 g/mol. The van der Waals surface area contributed by atoms with Gasteiger partial charge in [0.05, 0.1) is 6.54 Å². The predicted molar refractivity (Wildman–Crippen MR) is 94.0 cm³/mol. The van der Waals surface area contributed by atoms with Gasteiger partial charge in [-0.1, -0.05) is 0 Å². The fraction of sp³-hybridized carbons (Fsp3) is 0.389. The molecule has 0 saturated carbocycles. The number of fused-ring (bicyclic) bond motifs is 1. The van der Waals surface area contributed by atoms with Gasteiger partial charge < -0.3 is 19.7 Å². The first kappa shape index (κ1) is 17.9. The van der Waals surface area contributed by atoms with Gasteiger partial charge in [-0.25, -0.2) is 4.39 Å². The number of benzene rings is 1. The molecule has 0 aliphatic carbocycles. The van der Waals surface area contributed by atoms with E-state index in [1.54, 1.807) is 28.6 Å². The molecule has 1 aliphatic heterocycles. The van der Waals surface area contributed by atoms with Crippen LogP contribution in [0.4, 0.5) is 4.39 Å². The van der Waals surface area contributed by atoms with Crippen LogP contribution in [0.25, 0.3) is 10.9 Å². The highest BCUT2D eigenvalue weighted by molar-refractivity contribution is 5.99. The Kier molecular flexibility index (Phi) is 4.67. The van der Waals surface area contributed by atoms with E-state index in [9.17, 15) is 18.8 Å². The summed E-state index contributed by atoms with van der Waals surface area (Å²) in [7, 11) is 3.25. The molecule has 8 heteroatoms. The predicted octanol–water partition coefficient (Wildman–Crippen LogP) is 0.736. The minimum atomic E-state index is -0.720. The minimum absolute atomic E-state index is 0.119. The number of aromatic nitrogens is 1. The molecule has 1 N–H and O–H groups in total. The van der Waals surface area contributed by atoms with E-state index < -0.39 is 6.04 Å². The standard InChI is InChI=1S/C18H21FN4O3/c1-11(24)23-7-6-22(10-16(23)17(25)20-2)18(26)15-9-12-8-13(19)4-5-14(12)21(15)3/h4-5,8-9,16H,6-7,10H2,1-3H3,(H,20,25)/t16-/m0/s1. The second kappa shape index (κ2) is 6.78. The lowest BCUT2D eigenvalue weighted by atomic mass is 10.1. The second-order valence-corrected chi connectivity index (χ2v) is 6.39. The van der Waals surface area contributed by atoms with Crippen LogP contribution in [0.15, 0.2) is 24.3 Å². The molecule has 0 radical (unpaired) electrons. The summed E-state index contributed by atoms with van der Waals surface area (Å²) in [6.45, 7) is 2.15. The van der Waals surface area contributed by atoms with Crippen LogP contribution in [-0.2, 0) is 16.6 Å². The Balaban J connectivity index is 1.89. The van der Waals surface area contributed by atoms with Crippen LogP contribution in [0.3, 0.4) is 0 Å². The van der Waals surface area contributed by atoms with Gasteiger partial charge in [0, 0.05) is 45.0 Å². The molecule has 2 heterocycles. The van der Waals surface area contributed by atoms with Crippen molar-refractivity contribution in [1.82, 2.24) is 19.7 Å². The number of likely N-dealkylation sites (N-methyl/N-ethyl adjacent to an activating group) is 1. The average molecular weight is 360 g/mol. The number of carbonyl (C=O) groups excluding carboxylic acids is 3. The summed E-state index contributed by atoms with van der Waals surface area (Å²) in [5.41, 5.74) is 1.16. The highest BCUT2D eigenvalue weighted by atomic mass is 19.1. The maximum absolute atomic E-state index is 13.4. The molecular weight excluding hydrogens is 339 g/mol. The number of nitrogens with one attached hydrogen (secondary N) is 1. The number of halogens is 1. The van der Waals surface area contributed by atoms with E-state index in [1.165, 1.54) is 31.0 Å². The van der Waals surface area contributed by atoms with Crippen LogP contribution in [0, 0.1) is 5.82 Å². The maximum atomic E-state index is 13.4. The van der Waals surface area contributed by atoms with Crippen LogP contribution >= 0.6 is 0 Å². The fourth-order valence-electron chi connectivity index (χ4n) is 3.42. The third kappa shape index (κ3) is 3.02. The highest BCUT2D eigenvalue weighted by Crippen LogP contribution is 2.22. The van der Waals surface area contributed by atoms with Crippen LogP contribution < -0.4 is 5.32 Å². The maximum Gasteiger partial charge on any atom is 0.270 e. The summed E-state index contributed by atoms with van der Waals surface area (Å²) in [5.74, 6) is -1.12. The number of piperazine rings is 1. The van der Waals surface area contributed by atoms with Crippen molar-refractivity contribution < 1.29 is 18.8 Å². The molecule has 1 atom stereocenters. The number of rotatable bonds is 2. The average Bonchev–Trinajstić information content (AvgIpc) is 2.95. The third-order valence-electron chi connectivity index (χ3n) is 4.84. The normalized spacial score (nSPS) is 17.5. The van der Waals surface area contributed by atoms with Gasteiger partial charge in [0.1, 0.15) is 17.6 Å². The Labute approximate surface area is 150 Å². The fourth-order valence-corrected chi connectivity index (χ4v) is 3.42. The van der Waals surface area contributed by atoms with E-state index in [1.807, 2.05) is 0 Å². The van der Waals surface area contributed by atoms with Gasteiger partial charge >= 0.3 is 0 Å². The van der Waals surface area contributed by atoms with E-state index in [-0.39, 0.29) is 36.6 Å². The molecule has 138 valence electrons. The van der Waals surface area contributed by atoms with Gasteiger partial charge in [0.2, 0.25) is 11.8 Å². The van der Waals surface area contributed by atoms with E-state index in [4.69, 9.17) is 0 Å². The van der Waals surface area contributed by atoms with E-state index in [0.29, 0.717) is 17.6 Å². The van der Waals surface area contributed by atoms with Crippen molar-refractivity contribution in [2.75, 3.05) is 26.7 Å². The molecule has 3 amide bonds. The summed E-state index contributed by atoms with van der Waals surface area (Å²) in [6.07, 6.45) is 0. The Hall–Kier alpha value is -2.90. The Bertz CT molecular complexity index is 892. The number of aryl methyl sites for hydroxylation is 1. The van der Waals surface area contributed by atoms with Crippen molar-refractivity contribution >= 4 is 28.6 Å². The van der Waals surface area contributed by atoms with Crippen LogP contribution in [0.2, 0.25) is 0 Å². The summed E-state index contributed by atoms with van der Waals surface area (Å²) in [4.78, 5) is 39.9. The van der Waals surface area contributed by atoms with Gasteiger partial charge in [-0.15, -0.1) is 0 Å². The lowest BCUT2D eigenvalue weighted by Crippen LogP contribution is -2.61. The van der Waals surface area contributed by atoms with E-state index in [2.05, 4.69) is 5.32 Å². The molecule has 3 rings (SSSR count). The third-order valence-corrected chi connectivity index (χ3v) is 4.84. The molecule has 0 bridgehead atoms. The van der Waals surface area contributed by atoms with Crippen molar-refractivity contribution in [2.24, 2.45) is 7.05 Å². The Morgan fingerprint density at radius 2 is 1.92 bits per heavy atom. The molecule has 1 aromatic heterocycles. The van der Waals surface area contributed by atoms with Gasteiger partial charge in [-0.3, -0.25) is 14.4 Å². The lowest BCUT2D eigenvalue weighted by molar-refractivity contribution is -0.141. The molecule has 1 saturated heterocycles. The van der Waals surface area contributed by atoms with Crippen molar-refractivity contribution in [2.45, 2.75) is 13.0 Å². The van der Waals surface area contributed by atoms with Crippen molar-refractivity contribution in [1.29, 1.82) is 0 Å². The van der Waals surface area contributed by atoms with Crippen LogP contribution in [-0.4, -0.2) is 64.8 Å². The number of carbonyl (C=O) groups is 3. The number of nitrogens with zero attached hydrogens (tertiary/aromatic N) is 3. The second-order valence-electron chi connectivity index (χ2n) is 6.39. The van der Waals surface area contributed by atoms with E-state index in [0.717, 1.165) is 5.52 Å². The number of hydrogen-bond donors (Lipinski definition) is 1. The zero-order chi connectivity index (χ0) is 19.0. The van der Waals surface area contributed by atoms with E-state index >= 15 is 0 Å². The summed E-state index contributed by atoms with van der Waals surface area (Å²) in [6, 6.07) is 5.29. The summed E-state index contributed by atoms with van der Waals surface area (Å²) in [5, 5.41) is 3.18. The van der Waals surface area contributed by atoms with Crippen molar-refractivity contribution in [3.8, 4) is 0 Å². The van der Waals surface area contributed by atoms with Crippen molar-refractivity contribution in [3.63, 3.8) is 0 Å². The van der Waals surface area contributed by atoms with Crippen LogP contribution in [0.5, 0.6) is 0 Å². The molecule has 1 fully saturated rings. The van der Waals surface area contributed by atoms with Crippen molar-refractivity contribution in [3.05, 3.63) is 35.8 Å². The number of hydrogen-bond acceptors (Lipinski definition) is 3. The van der Waals surface area contributed by atoms with Gasteiger partial charge in [-0.2, -0.15) is 0 Å². The molecule has 0 unspecified atom stereocenters. The molecule has 26 heavy (non-hydrogen) atoms. The molecular formula is C18H21FN4O3. The zero-order valence-electron chi connectivity index (χ0n) is 15.0. The molecule has 2 aromatic rings. The summed E-state index contributed by atoms with van der Waals surface area (Å²) >= 11 is 0. The zero-order valence-corrected chi connectivity index (χ0v) is 15.0. The largest absolute Gasteiger partial charge is 0.357 e. The lowest BCUT2D eigenvalue weighted by Gasteiger charge is -2.39. The highest BCUT2D eigenvalue weighted by Gasteiger charge is 2.36. The minimum Gasteiger partial charge on any atom is -0.357 e. The van der Waals surface area contributed by atoms with Gasteiger partial charge in [0.15, 0.2) is 0 Å². The SMILES string of the molecule is CNC(=O)[C@@H]1CN(C(=O)c2cc3cc(F)ccc3n2C)CCN1C(C)=O. The quantitative estimate of drug-likeness (QED) is 0.858. The first-order valence-corrected chi connectivity index (χ1v) is 8.36. The first-order valence-electron chi connectivity index (χ1n) is 8.36. The molecule has 0 spiro atoms.